The third-order valence-electron chi connectivity index (χ3n) is 3.93. The third kappa shape index (κ3) is 4.01. The van der Waals surface area contributed by atoms with Crippen molar-refractivity contribution in [2.24, 2.45) is 0 Å². The number of hydrogen-bond acceptors (Lipinski definition) is 5. The van der Waals surface area contributed by atoms with Gasteiger partial charge in [0, 0.05) is 26.2 Å². The zero-order valence-corrected chi connectivity index (χ0v) is 13.6. The summed E-state index contributed by atoms with van der Waals surface area (Å²) in [5.41, 5.74) is -0.879. The number of ether oxygens (including phenoxy) is 1. The molecule has 2 unspecified atom stereocenters. The van der Waals surface area contributed by atoms with Crippen molar-refractivity contribution in [1.29, 1.82) is 0 Å². The largest absolute Gasteiger partial charge is 0.444 e. The summed E-state index contributed by atoms with van der Waals surface area (Å²) in [7, 11) is 0. The Morgan fingerprint density at radius 2 is 2.23 bits per heavy atom. The lowest BCUT2D eigenvalue weighted by Crippen LogP contribution is -2.66. The van der Waals surface area contributed by atoms with Crippen molar-refractivity contribution < 1.29 is 14.6 Å². The van der Waals surface area contributed by atoms with Gasteiger partial charge in [-0.15, -0.1) is 0 Å². The van der Waals surface area contributed by atoms with Crippen LogP contribution in [0.15, 0.2) is 24.4 Å². The number of allylic oxidation sites excluding steroid dienone is 2. The van der Waals surface area contributed by atoms with E-state index in [4.69, 9.17) is 4.74 Å². The number of carbonyl (C=O) groups is 1. The number of hydrogen-bond donors (Lipinski definition) is 3. The van der Waals surface area contributed by atoms with Crippen molar-refractivity contribution in [3.05, 3.63) is 24.4 Å². The van der Waals surface area contributed by atoms with Gasteiger partial charge in [-0.1, -0.05) is 12.2 Å². The fourth-order valence-corrected chi connectivity index (χ4v) is 2.85. The number of nitrogens with zero attached hydrogens (tertiary/aromatic N) is 1. The number of dihydropyridines is 1. The Balaban J connectivity index is 2.07. The first-order chi connectivity index (χ1) is 10.4. The minimum Gasteiger partial charge on any atom is -0.444 e. The van der Waals surface area contributed by atoms with Crippen LogP contribution in [0.25, 0.3) is 0 Å². The fourth-order valence-electron chi connectivity index (χ4n) is 2.85. The molecule has 0 spiro atoms. The Hall–Kier alpha value is -1.53. The van der Waals surface area contributed by atoms with Crippen molar-refractivity contribution >= 4 is 6.09 Å². The van der Waals surface area contributed by atoms with Gasteiger partial charge in [-0.25, -0.2) is 4.79 Å². The number of aliphatic hydroxyl groups is 1. The average molecular weight is 309 g/mol. The number of amides is 1. The number of piperazine rings is 1. The standard InChI is InChI=1S/C16H27N3O3/c1-15(2,3)22-14(21)19-10-9-17-13(12-19)16(7-11-20)6-4-5-8-18-16/h4-6,8,13,17-18,20H,7,9-12H2,1-3H3. The van der Waals surface area contributed by atoms with Gasteiger partial charge in [0.25, 0.3) is 0 Å². The van der Waals surface area contributed by atoms with Gasteiger partial charge in [0.2, 0.25) is 0 Å². The molecule has 0 bridgehead atoms. The Morgan fingerprint density at radius 1 is 1.45 bits per heavy atom. The molecule has 0 radical (unpaired) electrons. The lowest BCUT2D eigenvalue weighted by Gasteiger charge is -2.45. The van der Waals surface area contributed by atoms with Crippen LogP contribution < -0.4 is 10.6 Å². The van der Waals surface area contributed by atoms with E-state index in [9.17, 15) is 9.90 Å². The normalized spacial score (nSPS) is 28.4. The summed E-state index contributed by atoms with van der Waals surface area (Å²) in [6.07, 6.45) is 8.12. The smallest absolute Gasteiger partial charge is 0.410 e. The number of nitrogens with one attached hydrogen (secondary N) is 2. The summed E-state index contributed by atoms with van der Waals surface area (Å²) in [4.78, 5) is 14.0. The van der Waals surface area contributed by atoms with Crippen molar-refractivity contribution in [2.75, 3.05) is 26.2 Å². The Kier molecular flexibility index (Phi) is 5.13. The fraction of sp³-hybridized carbons (Fsp3) is 0.688. The highest BCUT2D eigenvalue weighted by molar-refractivity contribution is 5.68. The van der Waals surface area contributed by atoms with Gasteiger partial charge in [0.05, 0.1) is 11.6 Å². The van der Waals surface area contributed by atoms with Crippen LogP contribution in [-0.4, -0.2) is 59.5 Å². The van der Waals surface area contributed by atoms with Crippen molar-refractivity contribution in [1.82, 2.24) is 15.5 Å². The molecule has 124 valence electrons. The number of aliphatic hydroxyl groups excluding tert-OH is 1. The second-order valence-corrected chi connectivity index (χ2v) is 6.81. The van der Waals surface area contributed by atoms with Gasteiger partial charge >= 0.3 is 6.09 Å². The molecule has 0 aromatic carbocycles. The second-order valence-electron chi connectivity index (χ2n) is 6.81. The first-order valence-electron chi connectivity index (χ1n) is 7.80. The molecule has 1 amide bonds. The summed E-state index contributed by atoms with van der Waals surface area (Å²) < 4.78 is 5.46. The molecular formula is C16H27N3O3. The number of rotatable bonds is 3. The maximum atomic E-state index is 12.3. The molecule has 2 atom stereocenters. The summed E-state index contributed by atoms with van der Waals surface area (Å²) in [6, 6.07) is 0.0159. The molecule has 0 aromatic heterocycles. The molecule has 1 saturated heterocycles. The van der Waals surface area contributed by atoms with E-state index in [2.05, 4.69) is 16.7 Å². The highest BCUT2D eigenvalue weighted by atomic mass is 16.6. The molecule has 22 heavy (non-hydrogen) atoms. The van der Waals surface area contributed by atoms with Gasteiger partial charge in [0.15, 0.2) is 0 Å². The molecule has 6 heteroatoms. The molecule has 6 nitrogen and oxygen atoms in total. The van der Waals surface area contributed by atoms with E-state index in [1.165, 1.54) is 0 Å². The van der Waals surface area contributed by atoms with Gasteiger partial charge in [-0.05, 0) is 39.5 Å². The van der Waals surface area contributed by atoms with Gasteiger partial charge in [-0.3, -0.25) is 0 Å². The maximum absolute atomic E-state index is 12.3. The third-order valence-corrected chi connectivity index (χ3v) is 3.93. The molecule has 0 aliphatic carbocycles. The average Bonchev–Trinajstić information content (AvgIpc) is 2.47. The van der Waals surface area contributed by atoms with E-state index in [0.717, 1.165) is 0 Å². The topological polar surface area (TPSA) is 73.8 Å². The molecule has 1 fully saturated rings. The molecule has 2 aliphatic heterocycles. The molecule has 3 N–H and O–H groups in total. The first-order valence-corrected chi connectivity index (χ1v) is 7.80. The SMILES string of the molecule is CC(C)(C)OC(=O)N1CCNC(C2(CCO)C=CC=CN2)C1. The first kappa shape index (κ1) is 16.8. The summed E-state index contributed by atoms with van der Waals surface area (Å²) in [5, 5.41) is 16.2. The molecular weight excluding hydrogens is 282 g/mol. The predicted octanol–water partition coefficient (Wildman–Crippen LogP) is 0.990. The quantitative estimate of drug-likeness (QED) is 0.725. The number of carbonyl (C=O) groups excluding carboxylic acids is 1. The van der Waals surface area contributed by atoms with E-state index < -0.39 is 5.60 Å². The van der Waals surface area contributed by atoms with Crippen LogP contribution in [0.5, 0.6) is 0 Å². The summed E-state index contributed by atoms with van der Waals surface area (Å²) in [6.45, 7) is 7.56. The van der Waals surface area contributed by atoms with Crippen LogP contribution in [0.1, 0.15) is 27.2 Å². The van der Waals surface area contributed by atoms with Crippen molar-refractivity contribution in [2.45, 2.75) is 44.4 Å². The van der Waals surface area contributed by atoms with E-state index in [-0.39, 0.29) is 24.3 Å². The molecule has 2 rings (SSSR count). The second kappa shape index (κ2) is 6.71. The minimum absolute atomic E-state index is 0.0159. The highest BCUT2D eigenvalue weighted by Gasteiger charge is 2.40. The van der Waals surface area contributed by atoms with Gasteiger partial charge in [0.1, 0.15) is 5.60 Å². The van der Waals surface area contributed by atoms with Crippen molar-refractivity contribution in [3.63, 3.8) is 0 Å². The zero-order chi connectivity index (χ0) is 16.2. The molecule has 2 aliphatic rings. The Labute approximate surface area is 132 Å². The predicted molar refractivity (Wildman–Crippen MR) is 85.4 cm³/mol. The van der Waals surface area contributed by atoms with Crippen LogP contribution >= 0.6 is 0 Å². The molecule has 0 aromatic rings. The Bertz CT molecular complexity index is 456. The van der Waals surface area contributed by atoms with Crippen LogP contribution in [-0.2, 0) is 4.74 Å². The van der Waals surface area contributed by atoms with Crippen LogP contribution in [0.2, 0.25) is 0 Å². The summed E-state index contributed by atoms with van der Waals surface area (Å²) >= 11 is 0. The van der Waals surface area contributed by atoms with Gasteiger partial charge < -0.3 is 25.4 Å². The zero-order valence-electron chi connectivity index (χ0n) is 13.6. The van der Waals surface area contributed by atoms with E-state index >= 15 is 0 Å². The summed E-state index contributed by atoms with van der Waals surface area (Å²) in [5.74, 6) is 0. The minimum atomic E-state index is -0.494. The van der Waals surface area contributed by atoms with E-state index in [1.54, 1.807) is 4.90 Å². The maximum Gasteiger partial charge on any atom is 0.410 e. The van der Waals surface area contributed by atoms with E-state index in [1.807, 2.05) is 39.1 Å². The van der Waals surface area contributed by atoms with Crippen LogP contribution in [0.4, 0.5) is 4.79 Å². The molecule has 0 saturated carbocycles. The van der Waals surface area contributed by atoms with Crippen LogP contribution in [0.3, 0.4) is 0 Å². The lowest BCUT2D eigenvalue weighted by atomic mass is 9.84. The van der Waals surface area contributed by atoms with E-state index in [0.29, 0.717) is 26.1 Å². The Morgan fingerprint density at radius 3 is 2.82 bits per heavy atom. The molecule has 2 heterocycles. The highest BCUT2D eigenvalue weighted by Crippen LogP contribution is 2.23. The monoisotopic (exact) mass is 309 g/mol. The van der Waals surface area contributed by atoms with Crippen LogP contribution in [0, 0.1) is 0 Å². The lowest BCUT2D eigenvalue weighted by molar-refractivity contribution is 0.0160. The van der Waals surface area contributed by atoms with Crippen molar-refractivity contribution in [3.8, 4) is 0 Å². The van der Waals surface area contributed by atoms with Gasteiger partial charge in [-0.2, -0.15) is 0 Å².